The summed E-state index contributed by atoms with van der Waals surface area (Å²) >= 11 is 1.79. The van der Waals surface area contributed by atoms with Crippen molar-refractivity contribution in [3.8, 4) is 0 Å². The molecule has 2 heterocycles. The predicted molar refractivity (Wildman–Crippen MR) is 64.5 cm³/mol. The number of thiazole rings is 1. The number of rotatable bonds is 3. The lowest BCUT2D eigenvalue weighted by atomic mass is 10.1. The molecule has 0 spiro atoms. The van der Waals surface area contributed by atoms with Crippen molar-refractivity contribution >= 4 is 11.3 Å². The second-order valence-electron chi connectivity index (χ2n) is 4.20. The Morgan fingerprint density at radius 3 is 3.20 bits per heavy atom. The second kappa shape index (κ2) is 5.05. The van der Waals surface area contributed by atoms with Crippen molar-refractivity contribution in [2.24, 2.45) is 0 Å². The molecule has 84 valence electrons. The zero-order chi connectivity index (χ0) is 10.7. The molecule has 0 radical (unpaired) electrons. The zero-order valence-corrected chi connectivity index (χ0v) is 10.3. The minimum absolute atomic E-state index is 0.579. The largest absolute Gasteiger partial charge is 0.311 e. The van der Waals surface area contributed by atoms with Gasteiger partial charge in [-0.2, -0.15) is 0 Å². The summed E-state index contributed by atoms with van der Waals surface area (Å²) in [6.07, 6.45) is 2.13. The first-order valence-electron chi connectivity index (χ1n) is 5.63. The van der Waals surface area contributed by atoms with Crippen molar-refractivity contribution in [1.82, 2.24) is 15.2 Å². The number of nitrogens with one attached hydrogen (secondary N) is 1. The zero-order valence-electron chi connectivity index (χ0n) is 9.49. The highest BCUT2D eigenvalue weighted by Gasteiger charge is 2.17. The fourth-order valence-electron chi connectivity index (χ4n) is 1.99. The first kappa shape index (κ1) is 11.0. The standard InChI is InChI=1S/C11H19N3S/c1-3-11-13-10(8-15-11)6-9-7-14(2)5-4-12-9/h8-9,12H,3-7H2,1-2H3. The molecule has 2 rings (SSSR count). The second-order valence-corrected chi connectivity index (χ2v) is 5.15. The van der Waals surface area contributed by atoms with Crippen LogP contribution >= 0.6 is 11.3 Å². The van der Waals surface area contributed by atoms with E-state index in [0.29, 0.717) is 6.04 Å². The van der Waals surface area contributed by atoms with Gasteiger partial charge in [0.25, 0.3) is 0 Å². The lowest BCUT2D eigenvalue weighted by molar-refractivity contribution is 0.237. The molecular weight excluding hydrogens is 206 g/mol. The number of aryl methyl sites for hydroxylation is 1. The van der Waals surface area contributed by atoms with Gasteiger partial charge in [0.15, 0.2) is 0 Å². The molecule has 0 bridgehead atoms. The quantitative estimate of drug-likeness (QED) is 0.836. The summed E-state index contributed by atoms with van der Waals surface area (Å²) in [7, 11) is 2.19. The summed E-state index contributed by atoms with van der Waals surface area (Å²) < 4.78 is 0. The first-order valence-corrected chi connectivity index (χ1v) is 6.51. The van der Waals surface area contributed by atoms with Gasteiger partial charge in [-0.3, -0.25) is 0 Å². The molecule has 15 heavy (non-hydrogen) atoms. The van der Waals surface area contributed by atoms with E-state index in [-0.39, 0.29) is 0 Å². The number of nitrogens with zero attached hydrogens (tertiary/aromatic N) is 2. The molecule has 0 saturated carbocycles. The molecule has 0 amide bonds. The van der Waals surface area contributed by atoms with E-state index in [2.05, 4.69) is 34.6 Å². The van der Waals surface area contributed by atoms with E-state index < -0.39 is 0 Å². The molecule has 4 heteroatoms. The topological polar surface area (TPSA) is 28.2 Å². The molecular formula is C11H19N3S. The highest BCUT2D eigenvalue weighted by atomic mass is 32.1. The summed E-state index contributed by atoms with van der Waals surface area (Å²) in [6, 6.07) is 0.579. The third-order valence-electron chi connectivity index (χ3n) is 2.82. The van der Waals surface area contributed by atoms with E-state index in [1.165, 1.54) is 10.7 Å². The minimum atomic E-state index is 0.579. The lowest BCUT2D eigenvalue weighted by Gasteiger charge is -2.30. The predicted octanol–water partition coefficient (Wildman–Crippen LogP) is 1.15. The van der Waals surface area contributed by atoms with E-state index >= 15 is 0 Å². The Morgan fingerprint density at radius 1 is 1.67 bits per heavy atom. The van der Waals surface area contributed by atoms with Crippen molar-refractivity contribution in [2.75, 3.05) is 26.7 Å². The van der Waals surface area contributed by atoms with Crippen LogP contribution in [-0.4, -0.2) is 42.6 Å². The SMILES string of the molecule is CCc1nc(CC2CN(C)CCN2)cs1. The maximum absolute atomic E-state index is 4.61. The Morgan fingerprint density at radius 2 is 2.53 bits per heavy atom. The van der Waals surface area contributed by atoms with E-state index in [0.717, 1.165) is 32.5 Å². The van der Waals surface area contributed by atoms with Gasteiger partial charge in [-0.05, 0) is 13.5 Å². The molecule has 1 aliphatic rings. The van der Waals surface area contributed by atoms with E-state index in [1.807, 2.05) is 0 Å². The van der Waals surface area contributed by atoms with Crippen LogP contribution in [-0.2, 0) is 12.8 Å². The molecule has 1 atom stereocenters. The van der Waals surface area contributed by atoms with Crippen LogP contribution in [0.4, 0.5) is 0 Å². The van der Waals surface area contributed by atoms with Crippen LogP contribution in [0.3, 0.4) is 0 Å². The Balaban J connectivity index is 1.90. The molecule has 3 nitrogen and oxygen atoms in total. The Labute approximate surface area is 95.5 Å². The molecule has 1 saturated heterocycles. The molecule has 1 N–H and O–H groups in total. The number of likely N-dealkylation sites (N-methyl/N-ethyl adjacent to an activating group) is 1. The van der Waals surface area contributed by atoms with Gasteiger partial charge in [-0.15, -0.1) is 11.3 Å². The van der Waals surface area contributed by atoms with Crippen molar-refractivity contribution in [1.29, 1.82) is 0 Å². The monoisotopic (exact) mass is 225 g/mol. The fourth-order valence-corrected chi connectivity index (χ4v) is 2.74. The van der Waals surface area contributed by atoms with Crippen LogP contribution < -0.4 is 5.32 Å². The Hall–Kier alpha value is -0.450. The fraction of sp³-hybridized carbons (Fsp3) is 0.727. The van der Waals surface area contributed by atoms with Crippen LogP contribution in [0.15, 0.2) is 5.38 Å². The van der Waals surface area contributed by atoms with Crippen LogP contribution in [0.25, 0.3) is 0 Å². The van der Waals surface area contributed by atoms with Gasteiger partial charge < -0.3 is 10.2 Å². The number of piperazine rings is 1. The van der Waals surface area contributed by atoms with Gasteiger partial charge in [0.05, 0.1) is 10.7 Å². The van der Waals surface area contributed by atoms with Crippen LogP contribution in [0.2, 0.25) is 0 Å². The molecule has 0 aliphatic carbocycles. The summed E-state index contributed by atoms with van der Waals surface area (Å²) in [5, 5.41) is 7.01. The molecule has 1 aromatic heterocycles. The molecule has 1 aromatic rings. The maximum atomic E-state index is 4.61. The average Bonchev–Trinajstić information content (AvgIpc) is 2.65. The highest BCUT2D eigenvalue weighted by Crippen LogP contribution is 2.12. The van der Waals surface area contributed by atoms with Crippen molar-refractivity contribution in [2.45, 2.75) is 25.8 Å². The summed E-state index contributed by atoms with van der Waals surface area (Å²) in [5.41, 5.74) is 1.25. The van der Waals surface area contributed by atoms with Crippen LogP contribution in [0.1, 0.15) is 17.6 Å². The van der Waals surface area contributed by atoms with Crippen molar-refractivity contribution in [3.63, 3.8) is 0 Å². The summed E-state index contributed by atoms with van der Waals surface area (Å²) in [6.45, 7) is 5.56. The summed E-state index contributed by atoms with van der Waals surface area (Å²) in [5.74, 6) is 0. The Kier molecular flexibility index (Phi) is 3.72. The first-order chi connectivity index (χ1) is 7.28. The van der Waals surface area contributed by atoms with Crippen molar-refractivity contribution < 1.29 is 0 Å². The highest BCUT2D eigenvalue weighted by molar-refractivity contribution is 7.09. The normalized spacial score (nSPS) is 23.2. The van der Waals surface area contributed by atoms with Crippen molar-refractivity contribution in [3.05, 3.63) is 16.1 Å². The van der Waals surface area contributed by atoms with Gasteiger partial charge in [0.2, 0.25) is 0 Å². The molecule has 1 unspecified atom stereocenters. The van der Waals surface area contributed by atoms with E-state index in [1.54, 1.807) is 11.3 Å². The lowest BCUT2D eigenvalue weighted by Crippen LogP contribution is -2.49. The number of hydrogen-bond donors (Lipinski definition) is 1. The third-order valence-corrected chi connectivity index (χ3v) is 3.86. The van der Waals surface area contributed by atoms with E-state index in [4.69, 9.17) is 0 Å². The van der Waals surface area contributed by atoms with Crippen LogP contribution in [0.5, 0.6) is 0 Å². The molecule has 1 fully saturated rings. The smallest absolute Gasteiger partial charge is 0.0925 e. The van der Waals surface area contributed by atoms with Gasteiger partial charge in [0, 0.05) is 37.5 Å². The molecule has 0 aromatic carbocycles. The summed E-state index contributed by atoms with van der Waals surface area (Å²) in [4.78, 5) is 6.99. The molecule has 1 aliphatic heterocycles. The Bertz CT molecular complexity index is 311. The number of aromatic nitrogens is 1. The van der Waals surface area contributed by atoms with E-state index in [9.17, 15) is 0 Å². The van der Waals surface area contributed by atoms with Gasteiger partial charge in [0.1, 0.15) is 0 Å². The van der Waals surface area contributed by atoms with Gasteiger partial charge in [-0.25, -0.2) is 4.98 Å². The van der Waals surface area contributed by atoms with Gasteiger partial charge in [-0.1, -0.05) is 6.92 Å². The van der Waals surface area contributed by atoms with Gasteiger partial charge >= 0.3 is 0 Å². The third kappa shape index (κ3) is 3.00. The maximum Gasteiger partial charge on any atom is 0.0925 e. The number of hydrogen-bond acceptors (Lipinski definition) is 4. The average molecular weight is 225 g/mol. The minimum Gasteiger partial charge on any atom is -0.311 e. The van der Waals surface area contributed by atoms with Crippen LogP contribution in [0, 0.1) is 0 Å².